The van der Waals surface area contributed by atoms with E-state index in [1.807, 2.05) is 31.2 Å². The van der Waals surface area contributed by atoms with Crippen molar-refractivity contribution < 1.29 is 4.79 Å². The molecule has 0 atom stereocenters. The number of nitrogens with zero attached hydrogens (tertiary/aromatic N) is 2. The summed E-state index contributed by atoms with van der Waals surface area (Å²) < 4.78 is 0. The van der Waals surface area contributed by atoms with Crippen molar-refractivity contribution >= 4 is 41.5 Å². The largest absolute Gasteiger partial charge is 0.370 e. The molecule has 1 amide bonds. The van der Waals surface area contributed by atoms with Crippen molar-refractivity contribution in [1.82, 2.24) is 5.32 Å². The lowest BCUT2D eigenvalue weighted by atomic mass is 10.2. The van der Waals surface area contributed by atoms with E-state index in [1.54, 1.807) is 6.07 Å². The van der Waals surface area contributed by atoms with Crippen LogP contribution in [0.3, 0.4) is 0 Å². The lowest BCUT2D eigenvalue weighted by Crippen LogP contribution is -2.29. The molecule has 0 radical (unpaired) electrons. The molecule has 1 aromatic rings. The van der Waals surface area contributed by atoms with Crippen LogP contribution in [0, 0.1) is 18.3 Å². The van der Waals surface area contributed by atoms with Gasteiger partial charge in [0.25, 0.3) is 0 Å². The predicted octanol–water partition coefficient (Wildman–Crippen LogP) is 0.979. The molecule has 0 aromatic heterocycles. The number of guanidine groups is 1. The van der Waals surface area contributed by atoms with Crippen molar-refractivity contribution in [3.05, 3.63) is 29.8 Å². The summed E-state index contributed by atoms with van der Waals surface area (Å²) in [5.74, 6) is -0.182. The second-order valence-corrected chi connectivity index (χ2v) is 3.63. The Bertz CT molecular complexity index is 495. The van der Waals surface area contributed by atoms with Gasteiger partial charge in [-0.3, -0.25) is 4.79 Å². The van der Waals surface area contributed by atoms with Gasteiger partial charge in [0, 0.05) is 5.69 Å². The molecule has 0 saturated heterocycles. The summed E-state index contributed by atoms with van der Waals surface area (Å²) in [5, 5.41) is 13.5. The molecule has 102 valence electrons. The van der Waals surface area contributed by atoms with Gasteiger partial charge in [-0.05, 0) is 24.6 Å². The molecule has 0 heterocycles. The predicted molar refractivity (Wildman–Crippen MR) is 85.3 cm³/mol. The van der Waals surface area contributed by atoms with Gasteiger partial charge >= 0.3 is 0 Å². The third-order valence-corrected chi connectivity index (χ3v) is 2.05. The van der Waals surface area contributed by atoms with Crippen LogP contribution in [0.25, 0.3) is 0 Å². The number of halogens is 1. The zero-order chi connectivity index (χ0) is 13.4. The molecule has 1 aromatic carbocycles. The summed E-state index contributed by atoms with van der Waals surface area (Å²) in [6, 6.07) is 9.43. The Hall–Kier alpha value is -1.82. The third kappa shape index (κ3) is 7.25. The van der Waals surface area contributed by atoms with E-state index in [0.717, 1.165) is 11.3 Å². The number of hydrogen-bond donors (Lipinski definition) is 3. The molecular formula is C12H16IN5O. The number of carbonyl (C=O) groups is 1. The molecule has 6 nitrogen and oxygen atoms in total. The fourth-order valence-electron chi connectivity index (χ4n) is 1.26. The SMILES string of the molecule is Cc1cccc(NC(N)=NCC(=O)NCC#N)c1.I. The molecule has 4 N–H and O–H groups in total. The van der Waals surface area contributed by atoms with Gasteiger partial charge in [-0.15, -0.1) is 24.0 Å². The molecule has 0 spiro atoms. The first-order valence-electron chi connectivity index (χ1n) is 5.39. The van der Waals surface area contributed by atoms with E-state index in [0.29, 0.717) is 0 Å². The average molecular weight is 373 g/mol. The number of nitrogens with two attached hydrogens (primary N) is 1. The minimum Gasteiger partial charge on any atom is -0.370 e. The first-order chi connectivity index (χ1) is 8.61. The molecule has 1 rings (SSSR count). The van der Waals surface area contributed by atoms with Gasteiger partial charge in [-0.25, -0.2) is 4.99 Å². The van der Waals surface area contributed by atoms with Crippen LogP contribution in [0.2, 0.25) is 0 Å². The average Bonchev–Trinajstić information content (AvgIpc) is 2.34. The zero-order valence-corrected chi connectivity index (χ0v) is 12.8. The number of carbonyl (C=O) groups excluding carboxylic acids is 1. The number of hydrogen-bond acceptors (Lipinski definition) is 3. The summed E-state index contributed by atoms with van der Waals surface area (Å²) in [6.45, 7) is 1.83. The number of amides is 1. The fraction of sp³-hybridized carbons (Fsp3) is 0.250. The maximum atomic E-state index is 11.2. The number of benzene rings is 1. The zero-order valence-electron chi connectivity index (χ0n) is 10.5. The van der Waals surface area contributed by atoms with E-state index >= 15 is 0 Å². The monoisotopic (exact) mass is 373 g/mol. The topological polar surface area (TPSA) is 103 Å². The van der Waals surface area contributed by atoms with Crippen molar-refractivity contribution in [3.63, 3.8) is 0 Å². The highest BCUT2D eigenvalue weighted by molar-refractivity contribution is 14.0. The van der Waals surface area contributed by atoms with Gasteiger partial charge in [0.15, 0.2) is 5.96 Å². The standard InChI is InChI=1S/C12H15N5O.HI/c1-9-3-2-4-10(7-9)17-12(14)16-8-11(18)15-6-5-13;/h2-4,7H,6,8H2,1H3,(H,15,18)(H3,14,16,17);1H. The molecule has 7 heteroatoms. The van der Waals surface area contributed by atoms with Crippen molar-refractivity contribution in [3.8, 4) is 6.07 Å². The van der Waals surface area contributed by atoms with Crippen LogP contribution in [-0.2, 0) is 4.79 Å². The maximum absolute atomic E-state index is 11.2. The molecule has 0 unspecified atom stereocenters. The summed E-state index contributed by atoms with van der Waals surface area (Å²) in [5.41, 5.74) is 7.54. The highest BCUT2D eigenvalue weighted by atomic mass is 127. The van der Waals surface area contributed by atoms with Gasteiger partial charge in [0.05, 0.1) is 6.07 Å². The van der Waals surface area contributed by atoms with Gasteiger partial charge in [0.1, 0.15) is 13.1 Å². The Kier molecular flexibility index (Phi) is 8.28. The Morgan fingerprint density at radius 1 is 1.53 bits per heavy atom. The molecule has 0 fully saturated rings. The van der Waals surface area contributed by atoms with E-state index < -0.39 is 0 Å². The number of aryl methyl sites for hydroxylation is 1. The first kappa shape index (κ1) is 17.2. The minimum atomic E-state index is -0.342. The fourth-order valence-corrected chi connectivity index (χ4v) is 1.26. The lowest BCUT2D eigenvalue weighted by molar-refractivity contribution is -0.119. The summed E-state index contributed by atoms with van der Waals surface area (Å²) in [7, 11) is 0. The van der Waals surface area contributed by atoms with Crippen molar-refractivity contribution in [2.45, 2.75) is 6.92 Å². The smallest absolute Gasteiger partial charge is 0.242 e. The van der Waals surface area contributed by atoms with Crippen LogP contribution in [0.5, 0.6) is 0 Å². The van der Waals surface area contributed by atoms with Crippen LogP contribution in [0.1, 0.15) is 5.56 Å². The van der Waals surface area contributed by atoms with Gasteiger partial charge in [-0.1, -0.05) is 12.1 Å². The van der Waals surface area contributed by atoms with E-state index in [2.05, 4.69) is 15.6 Å². The Labute approximate surface area is 129 Å². The van der Waals surface area contributed by atoms with Crippen LogP contribution in [0.4, 0.5) is 5.69 Å². The lowest BCUT2D eigenvalue weighted by Gasteiger charge is -2.06. The molecule has 19 heavy (non-hydrogen) atoms. The van der Waals surface area contributed by atoms with E-state index in [9.17, 15) is 4.79 Å². The van der Waals surface area contributed by atoms with Crippen molar-refractivity contribution in [2.75, 3.05) is 18.4 Å². The first-order valence-corrected chi connectivity index (χ1v) is 5.39. The quantitative estimate of drug-likeness (QED) is 0.317. The highest BCUT2D eigenvalue weighted by Gasteiger charge is 1.99. The second-order valence-electron chi connectivity index (χ2n) is 3.63. The number of nitriles is 1. The van der Waals surface area contributed by atoms with E-state index in [-0.39, 0.29) is 48.9 Å². The van der Waals surface area contributed by atoms with Crippen LogP contribution in [0.15, 0.2) is 29.3 Å². The van der Waals surface area contributed by atoms with Gasteiger partial charge in [-0.2, -0.15) is 5.26 Å². The van der Waals surface area contributed by atoms with Crippen molar-refractivity contribution in [2.24, 2.45) is 10.7 Å². The summed E-state index contributed by atoms with van der Waals surface area (Å²) in [4.78, 5) is 15.0. The molecule has 0 aliphatic rings. The van der Waals surface area contributed by atoms with Crippen LogP contribution in [-0.4, -0.2) is 25.0 Å². The number of rotatable bonds is 4. The number of aliphatic imine (C=N–C) groups is 1. The number of anilines is 1. The Morgan fingerprint density at radius 2 is 2.26 bits per heavy atom. The minimum absolute atomic E-state index is 0. The Balaban J connectivity index is 0.00000324. The summed E-state index contributed by atoms with van der Waals surface area (Å²) >= 11 is 0. The van der Waals surface area contributed by atoms with Crippen LogP contribution >= 0.6 is 24.0 Å². The second kappa shape index (κ2) is 9.16. The maximum Gasteiger partial charge on any atom is 0.242 e. The summed E-state index contributed by atoms with van der Waals surface area (Å²) in [6.07, 6.45) is 0. The Morgan fingerprint density at radius 3 is 2.89 bits per heavy atom. The van der Waals surface area contributed by atoms with Crippen LogP contribution < -0.4 is 16.4 Å². The molecule has 0 bridgehead atoms. The molecule has 0 saturated carbocycles. The highest BCUT2D eigenvalue weighted by Crippen LogP contribution is 2.08. The molecular weight excluding hydrogens is 357 g/mol. The number of nitrogens with one attached hydrogen (secondary N) is 2. The van der Waals surface area contributed by atoms with E-state index in [4.69, 9.17) is 11.0 Å². The third-order valence-electron chi connectivity index (χ3n) is 2.05. The molecule has 0 aliphatic heterocycles. The van der Waals surface area contributed by atoms with Gasteiger partial charge < -0.3 is 16.4 Å². The normalized spacial score (nSPS) is 10.0. The van der Waals surface area contributed by atoms with Gasteiger partial charge in [0.2, 0.25) is 5.91 Å². The van der Waals surface area contributed by atoms with Crippen molar-refractivity contribution in [1.29, 1.82) is 5.26 Å². The van der Waals surface area contributed by atoms with E-state index in [1.165, 1.54) is 0 Å². The molecule has 0 aliphatic carbocycles.